The molecule has 0 spiro atoms. The summed E-state index contributed by atoms with van der Waals surface area (Å²) in [7, 11) is -0.226. The minimum Gasteiger partial charge on any atom is -0.121 e. The molecule has 0 N–H and O–H groups in total. The zero-order chi connectivity index (χ0) is 18.3. The highest BCUT2D eigenvalue weighted by atomic mass is 31.1. The Hall–Kier alpha value is 0.300. The molecule has 4 aliphatic rings. The minimum absolute atomic E-state index is 0.226. The first-order valence-corrected chi connectivity index (χ1v) is 14.4. The zero-order valence-electron chi connectivity index (χ0n) is 18.1. The summed E-state index contributed by atoms with van der Waals surface area (Å²) in [6, 6.07) is 0. The lowest BCUT2D eigenvalue weighted by Crippen LogP contribution is -2.55. The van der Waals surface area contributed by atoms with Gasteiger partial charge in [0, 0.05) is 0 Å². The van der Waals surface area contributed by atoms with Crippen molar-refractivity contribution in [3.05, 3.63) is 0 Å². The SMILES string of the molecule is C/C=[PH](\C)C1C2CCCCC2C1C1CCCC1C1CCC(C)C(CC)C1. The summed E-state index contributed by atoms with van der Waals surface area (Å²) in [4.78, 5) is 0. The number of rotatable bonds is 4. The van der Waals surface area contributed by atoms with E-state index in [-0.39, 0.29) is 7.55 Å². The van der Waals surface area contributed by atoms with E-state index in [4.69, 9.17) is 0 Å². The molecule has 0 aromatic heterocycles. The highest BCUT2D eigenvalue weighted by Crippen LogP contribution is 2.64. The maximum absolute atomic E-state index is 2.65. The summed E-state index contributed by atoms with van der Waals surface area (Å²) in [5.41, 5.74) is 1.14. The maximum atomic E-state index is 2.65. The summed E-state index contributed by atoms with van der Waals surface area (Å²) >= 11 is 0. The van der Waals surface area contributed by atoms with E-state index in [1.165, 1.54) is 19.3 Å². The molecule has 26 heavy (non-hydrogen) atoms. The fourth-order valence-electron chi connectivity index (χ4n) is 8.43. The molecule has 10 unspecified atom stereocenters. The number of fused-ring (bicyclic) bond motifs is 1. The van der Waals surface area contributed by atoms with Gasteiger partial charge in [-0.3, -0.25) is 0 Å². The van der Waals surface area contributed by atoms with Crippen LogP contribution < -0.4 is 0 Å². The minimum atomic E-state index is -0.226. The third-order valence-electron chi connectivity index (χ3n) is 9.88. The van der Waals surface area contributed by atoms with Crippen molar-refractivity contribution in [1.29, 1.82) is 0 Å². The molecular formula is C25H45P. The van der Waals surface area contributed by atoms with Crippen LogP contribution in [0.1, 0.15) is 91.4 Å². The van der Waals surface area contributed by atoms with E-state index < -0.39 is 0 Å². The van der Waals surface area contributed by atoms with Crippen molar-refractivity contribution in [1.82, 2.24) is 0 Å². The number of hydrogen-bond donors (Lipinski definition) is 0. The first kappa shape index (κ1) is 19.6. The molecule has 0 saturated heterocycles. The van der Waals surface area contributed by atoms with Gasteiger partial charge < -0.3 is 0 Å². The molecule has 0 radical (unpaired) electrons. The van der Waals surface area contributed by atoms with Crippen LogP contribution in [0.25, 0.3) is 0 Å². The molecule has 0 aromatic rings. The lowest BCUT2D eigenvalue weighted by atomic mass is 9.52. The Kier molecular flexibility index (Phi) is 6.30. The van der Waals surface area contributed by atoms with Crippen molar-refractivity contribution >= 4 is 13.3 Å². The van der Waals surface area contributed by atoms with Gasteiger partial charge in [-0.2, -0.15) is 0 Å². The normalized spacial score (nSPS) is 50.2. The van der Waals surface area contributed by atoms with Gasteiger partial charge in [0.2, 0.25) is 0 Å². The molecule has 10 atom stereocenters. The first-order valence-electron chi connectivity index (χ1n) is 12.3. The van der Waals surface area contributed by atoms with Crippen LogP contribution in [-0.4, -0.2) is 18.1 Å². The lowest BCUT2D eigenvalue weighted by Gasteiger charge is -2.60. The second-order valence-corrected chi connectivity index (χ2v) is 13.5. The van der Waals surface area contributed by atoms with Crippen LogP contribution in [0, 0.1) is 47.3 Å². The van der Waals surface area contributed by atoms with Gasteiger partial charge in [-0.15, -0.1) is 7.55 Å². The zero-order valence-corrected chi connectivity index (χ0v) is 19.1. The first-order chi connectivity index (χ1) is 12.7. The molecule has 0 heterocycles. The van der Waals surface area contributed by atoms with E-state index in [1.54, 1.807) is 51.4 Å². The van der Waals surface area contributed by atoms with Crippen molar-refractivity contribution < 1.29 is 0 Å². The van der Waals surface area contributed by atoms with E-state index in [1.807, 2.05) is 0 Å². The van der Waals surface area contributed by atoms with E-state index in [2.05, 4.69) is 33.2 Å². The van der Waals surface area contributed by atoms with E-state index in [0.717, 1.165) is 53.0 Å². The maximum Gasteiger partial charge on any atom is -0.0176 e. The van der Waals surface area contributed by atoms with Gasteiger partial charge in [0.1, 0.15) is 0 Å². The predicted octanol–water partition coefficient (Wildman–Crippen LogP) is 7.34. The fourth-order valence-corrected chi connectivity index (χ4v) is 11.0. The van der Waals surface area contributed by atoms with Gasteiger partial charge >= 0.3 is 0 Å². The molecule has 0 aliphatic heterocycles. The monoisotopic (exact) mass is 376 g/mol. The lowest BCUT2D eigenvalue weighted by molar-refractivity contribution is -0.0281. The van der Waals surface area contributed by atoms with E-state index >= 15 is 0 Å². The smallest absolute Gasteiger partial charge is 0.0176 e. The van der Waals surface area contributed by atoms with Crippen molar-refractivity contribution in [2.75, 3.05) is 6.66 Å². The topological polar surface area (TPSA) is 0 Å². The van der Waals surface area contributed by atoms with Crippen LogP contribution in [-0.2, 0) is 0 Å². The Morgan fingerprint density at radius 1 is 0.846 bits per heavy atom. The van der Waals surface area contributed by atoms with Crippen LogP contribution in [0.3, 0.4) is 0 Å². The Morgan fingerprint density at radius 2 is 1.50 bits per heavy atom. The van der Waals surface area contributed by atoms with Crippen molar-refractivity contribution in [2.45, 2.75) is 97.1 Å². The van der Waals surface area contributed by atoms with Gasteiger partial charge in [0.15, 0.2) is 0 Å². The third kappa shape index (κ3) is 3.40. The quantitative estimate of drug-likeness (QED) is 0.450. The Morgan fingerprint density at radius 3 is 2.23 bits per heavy atom. The molecule has 4 fully saturated rings. The van der Waals surface area contributed by atoms with Crippen molar-refractivity contribution in [2.24, 2.45) is 47.3 Å². The average Bonchev–Trinajstić information content (AvgIpc) is 3.12. The summed E-state index contributed by atoms with van der Waals surface area (Å²) in [6.45, 7) is 10.0. The molecule has 4 saturated carbocycles. The summed E-state index contributed by atoms with van der Waals surface area (Å²) in [5, 5.41) is 0. The summed E-state index contributed by atoms with van der Waals surface area (Å²) in [6.07, 6.45) is 17.1. The predicted molar refractivity (Wildman–Crippen MR) is 120 cm³/mol. The highest BCUT2D eigenvalue weighted by Gasteiger charge is 2.56. The number of hydrogen-bond acceptors (Lipinski definition) is 0. The van der Waals surface area contributed by atoms with E-state index in [0.29, 0.717) is 0 Å². The molecule has 1 heteroatoms. The van der Waals surface area contributed by atoms with Crippen LogP contribution in [0.15, 0.2) is 0 Å². The summed E-state index contributed by atoms with van der Waals surface area (Å²) < 4.78 is 0. The van der Waals surface area contributed by atoms with Gasteiger partial charge in [-0.25, -0.2) is 0 Å². The van der Waals surface area contributed by atoms with Gasteiger partial charge in [0.25, 0.3) is 0 Å². The molecule has 0 bridgehead atoms. The van der Waals surface area contributed by atoms with Crippen molar-refractivity contribution in [3.63, 3.8) is 0 Å². The largest absolute Gasteiger partial charge is 0.121 e. The van der Waals surface area contributed by atoms with Gasteiger partial charge in [-0.05, 0) is 105 Å². The van der Waals surface area contributed by atoms with E-state index in [9.17, 15) is 0 Å². The van der Waals surface area contributed by atoms with Crippen LogP contribution in [0.4, 0.5) is 0 Å². The van der Waals surface area contributed by atoms with Crippen LogP contribution in [0.5, 0.6) is 0 Å². The molecule has 4 rings (SSSR count). The van der Waals surface area contributed by atoms with Crippen molar-refractivity contribution in [3.8, 4) is 0 Å². The van der Waals surface area contributed by atoms with Crippen LogP contribution >= 0.6 is 7.55 Å². The molecule has 0 amide bonds. The molecule has 0 aromatic carbocycles. The second-order valence-electron chi connectivity index (χ2n) is 10.7. The molecule has 0 nitrogen and oxygen atoms in total. The molecular weight excluding hydrogens is 331 g/mol. The Labute approximate surface area is 164 Å². The standard InChI is InChI=1S/C25H45P/c1-5-18-16-19(15-14-17(18)3)20-12-9-13-21(20)24-22-10-7-8-11-23(22)25(24)26(4)6-2/h6,17-26H,5,7-16H2,1-4H3. The molecule has 150 valence electrons. The Bertz CT molecular complexity index is 508. The fraction of sp³-hybridized carbons (Fsp3) is 0.960. The molecule has 4 aliphatic carbocycles. The second kappa shape index (κ2) is 8.35. The van der Waals surface area contributed by atoms with Gasteiger partial charge in [0.05, 0.1) is 0 Å². The Balaban J connectivity index is 1.52. The van der Waals surface area contributed by atoms with Crippen LogP contribution in [0.2, 0.25) is 0 Å². The summed E-state index contributed by atoms with van der Waals surface area (Å²) in [5.74, 6) is 11.4. The third-order valence-corrected chi connectivity index (χ3v) is 12.7. The average molecular weight is 377 g/mol. The highest BCUT2D eigenvalue weighted by molar-refractivity contribution is 7.57. The van der Waals surface area contributed by atoms with Gasteiger partial charge in [-0.1, -0.05) is 51.7 Å².